The van der Waals surface area contributed by atoms with E-state index in [2.05, 4.69) is 10.1 Å². The smallest absolute Gasteiger partial charge is 0.255 e. The summed E-state index contributed by atoms with van der Waals surface area (Å²) in [5, 5.41) is 3.84. The number of rotatable bonds is 5. The number of halogens is 1. The largest absolute Gasteiger partial charge is 0.488 e. The van der Waals surface area contributed by atoms with Gasteiger partial charge < -0.3 is 9.64 Å². The van der Waals surface area contributed by atoms with Gasteiger partial charge in [0.15, 0.2) is 0 Å². The number of nitrogens with zero attached hydrogens (tertiary/aromatic N) is 4. The van der Waals surface area contributed by atoms with Crippen LogP contribution in [0.3, 0.4) is 0 Å². The summed E-state index contributed by atoms with van der Waals surface area (Å²) in [7, 11) is 14.4. The van der Waals surface area contributed by atoms with E-state index in [1.54, 1.807) is 16.8 Å². The second-order valence-electron chi connectivity index (χ2n) is 9.36. The molecule has 2 aromatic heterocycles. The summed E-state index contributed by atoms with van der Waals surface area (Å²) in [6, 6.07) is 10.5. The van der Waals surface area contributed by atoms with Crippen LogP contribution < -0.4 is 4.74 Å². The van der Waals surface area contributed by atoms with Gasteiger partial charge in [0.25, 0.3) is 5.91 Å². The van der Waals surface area contributed by atoms with Gasteiger partial charge in [-0.3, -0.25) is 14.5 Å². The van der Waals surface area contributed by atoms with Gasteiger partial charge in [-0.1, -0.05) is 6.07 Å². The van der Waals surface area contributed by atoms with Crippen molar-refractivity contribution in [3.8, 4) is 16.9 Å². The first-order chi connectivity index (χ1) is 16.7. The molecule has 1 amide bonds. The van der Waals surface area contributed by atoms with E-state index in [4.69, 9.17) is 20.4 Å². The first kappa shape index (κ1) is 21.9. The van der Waals surface area contributed by atoms with E-state index in [1.807, 2.05) is 38.4 Å². The second-order valence-corrected chi connectivity index (χ2v) is 9.36. The van der Waals surface area contributed by atoms with Gasteiger partial charge in [0, 0.05) is 42.3 Å². The second kappa shape index (κ2) is 7.70. The van der Waals surface area contributed by atoms with Crippen LogP contribution in [0.25, 0.3) is 22.0 Å². The third-order valence-corrected chi connectivity index (χ3v) is 6.73. The summed E-state index contributed by atoms with van der Waals surface area (Å²) in [6.07, 6.45) is 5.79. The Morgan fingerprint density at radius 2 is 2.00 bits per heavy atom. The Bertz CT molecular complexity index is 1490. The molecule has 6 rings (SSSR count). The van der Waals surface area contributed by atoms with E-state index in [0.29, 0.717) is 22.3 Å². The molecule has 2 aliphatic rings. The van der Waals surface area contributed by atoms with Crippen molar-refractivity contribution >= 4 is 32.5 Å². The van der Waals surface area contributed by atoms with E-state index in [0.717, 1.165) is 35.1 Å². The average Bonchev–Trinajstić information content (AvgIpc) is 3.51. The number of aryl methyl sites for hydroxylation is 2. The maximum Gasteiger partial charge on any atom is 0.255 e. The molecule has 35 heavy (non-hydrogen) atoms. The summed E-state index contributed by atoms with van der Waals surface area (Å²) in [5.41, 5.74) is 3.97. The quantitative estimate of drug-likeness (QED) is 0.425. The van der Waals surface area contributed by atoms with E-state index in [9.17, 15) is 4.79 Å². The maximum atomic E-state index is 15.5. The molecule has 4 aromatic rings. The zero-order valence-electron chi connectivity index (χ0n) is 19.5. The number of benzene rings is 2. The van der Waals surface area contributed by atoms with Crippen LogP contribution >= 0.6 is 0 Å². The van der Waals surface area contributed by atoms with Crippen molar-refractivity contribution in [3.63, 3.8) is 0 Å². The summed E-state index contributed by atoms with van der Waals surface area (Å²) in [5.74, 6) is -0.0734. The molecule has 1 fully saturated rings. The predicted molar refractivity (Wildman–Crippen MR) is 132 cm³/mol. The molecule has 0 N–H and O–H groups in total. The number of hydrogen-bond acceptors (Lipinski definition) is 4. The van der Waals surface area contributed by atoms with E-state index >= 15 is 4.39 Å². The molecule has 0 atom stereocenters. The maximum absolute atomic E-state index is 15.5. The molecule has 3 heterocycles. The summed E-state index contributed by atoms with van der Waals surface area (Å²) in [6.45, 7) is 1.74. The van der Waals surface area contributed by atoms with Gasteiger partial charge in [-0.2, -0.15) is 5.10 Å². The molecule has 1 aliphatic carbocycles. The number of carbonyl (C=O) groups is 1. The summed E-state index contributed by atoms with van der Waals surface area (Å²) >= 11 is 0. The van der Waals surface area contributed by atoms with Crippen molar-refractivity contribution < 1.29 is 13.9 Å². The first-order valence-electron chi connectivity index (χ1n) is 11.5. The van der Waals surface area contributed by atoms with Gasteiger partial charge in [-0.15, -0.1) is 0 Å². The van der Waals surface area contributed by atoms with Gasteiger partial charge in [0.1, 0.15) is 17.1 Å². The number of aromatic nitrogens is 3. The number of carbonyl (C=O) groups excluding carboxylic acids is 1. The molecule has 2 aromatic carbocycles. The van der Waals surface area contributed by atoms with Crippen LogP contribution in [0.4, 0.5) is 4.39 Å². The number of fused-ring (bicyclic) bond motifs is 2. The highest BCUT2D eigenvalue weighted by molar-refractivity contribution is 6.42. The van der Waals surface area contributed by atoms with Crippen LogP contribution in [0.1, 0.15) is 40.0 Å². The first-order valence-corrected chi connectivity index (χ1v) is 11.5. The number of hydrogen-bond donors (Lipinski definition) is 0. The zero-order chi connectivity index (χ0) is 24.5. The summed E-state index contributed by atoms with van der Waals surface area (Å²) in [4.78, 5) is 18.4. The molecule has 1 saturated carbocycles. The third kappa shape index (κ3) is 3.52. The fourth-order valence-corrected chi connectivity index (χ4v) is 4.74. The van der Waals surface area contributed by atoms with Gasteiger partial charge in [-0.05, 0) is 66.8 Å². The van der Waals surface area contributed by atoms with E-state index in [1.165, 1.54) is 17.2 Å². The lowest BCUT2D eigenvalue weighted by atomic mass is 9.59. The molecule has 0 saturated heterocycles. The monoisotopic (exact) mass is 462 g/mol. The van der Waals surface area contributed by atoms with E-state index in [-0.39, 0.29) is 24.2 Å². The molecule has 0 spiro atoms. The Labute approximate surface area is 204 Å². The van der Waals surface area contributed by atoms with Crippen molar-refractivity contribution in [2.75, 3.05) is 0 Å². The Morgan fingerprint density at radius 3 is 2.71 bits per heavy atom. The highest BCUT2D eigenvalue weighted by Crippen LogP contribution is 2.39. The fraction of sp³-hybridized carbons (Fsp3) is 0.269. The van der Waals surface area contributed by atoms with Crippen LogP contribution in [-0.2, 0) is 18.9 Å². The van der Waals surface area contributed by atoms with Gasteiger partial charge in [0.05, 0.1) is 33.1 Å². The normalized spacial score (nSPS) is 16.7. The predicted octanol–water partition coefficient (Wildman–Crippen LogP) is 3.73. The van der Waals surface area contributed by atoms with Gasteiger partial charge in [-0.25, -0.2) is 4.39 Å². The zero-order valence-corrected chi connectivity index (χ0v) is 19.5. The lowest BCUT2D eigenvalue weighted by Crippen LogP contribution is -2.45. The molecular weight excluding hydrogens is 441 g/mol. The Hall–Kier alpha value is -3.61. The highest BCUT2D eigenvalue weighted by atomic mass is 19.1. The standard InChI is InChI=1S/C26H21B2FN4O2/c1-14-10-15(17-7-8-22(35-16-5-6-16)23-20(17)12-32(2)31-23)11-21(29)19(14)13-33-25(34)18-4-3-9-30-24(18)26(33,27)28/h3-4,7-12,16H,5-6,13H2,1-2H3. The van der Waals surface area contributed by atoms with Crippen molar-refractivity contribution in [2.45, 2.75) is 37.8 Å². The highest BCUT2D eigenvalue weighted by Gasteiger charge is 2.43. The molecule has 1 aliphatic heterocycles. The topological polar surface area (TPSA) is 60.3 Å². The molecular formula is C26H21B2FN4O2. The van der Waals surface area contributed by atoms with Crippen LogP contribution in [0.5, 0.6) is 5.75 Å². The van der Waals surface area contributed by atoms with Crippen molar-refractivity contribution in [1.82, 2.24) is 19.7 Å². The minimum atomic E-state index is -1.62. The lowest BCUT2D eigenvalue weighted by Gasteiger charge is -2.33. The van der Waals surface area contributed by atoms with Crippen molar-refractivity contribution in [3.05, 3.63) is 77.0 Å². The van der Waals surface area contributed by atoms with Gasteiger partial charge >= 0.3 is 0 Å². The Morgan fingerprint density at radius 1 is 1.20 bits per heavy atom. The number of amides is 1. The third-order valence-electron chi connectivity index (χ3n) is 6.73. The van der Waals surface area contributed by atoms with Crippen molar-refractivity contribution in [2.24, 2.45) is 7.05 Å². The molecule has 170 valence electrons. The van der Waals surface area contributed by atoms with Crippen molar-refractivity contribution in [1.29, 1.82) is 0 Å². The fourth-order valence-electron chi connectivity index (χ4n) is 4.74. The number of ether oxygens (including phenoxy) is 1. The molecule has 4 radical (unpaired) electrons. The number of pyridine rings is 1. The lowest BCUT2D eigenvalue weighted by molar-refractivity contribution is 0.0729. The molecule has 0 unspecified atom stereocenters. The minimum Gasteiger partial charge on any atom is -0.488 e. The van der Waals surface area contributed by atoms with E-state index < -0.39 is 11.2 Å². The van der Waals surface area contributed by atoms with Crippen LogP contribution in [0.15, 0.2) is 48.8 Å². The average molecular weight is 462 g/mol. The summed E-state index contributed by atoms with van der Waals surface area (Å²) < 4.78 is 23.3. The van der Waals surface area contributed by atoms with Gasteiger partial charge in [0.2, 0.25) is 0 Å². The van der Waals surface area contributed by atoms with Crippen LogP contribution in [0.2, 0.25) is 0 Å². The molecule has 9 heteroatoms. The van der Waals surface area contributed by atoms with Crippen LogP contribution in [-0.4, -0.2) is 47.4 Å². The molecule has 6 nitrogen and oxygen atoms in total. The minimum absolute atomic E-state index is 0.0728. The molecule has 0 bridgehead atoms. The van der Waals surface area contributed by atoms with Crippen LogP contribution in [0, 0.1) is 12.7 Å². The Balaban J connectivity index is 1.37. The Kier molecular flexibility index (Phi) is 4.82. The SMILES string of the molecule is [B]C1([B])c2ncccc2C(=O)N1Cc1c(C)cc(-c2ccc(OC3CC3)c3nn(C)cc23)cc1F.